The van der Waals surface area contributed by atoms with Crippen LogP contribution in [-0.2, 0) is 0 Å². The van der Waals surface area contributed by atoms with E-state index in [1.54, 1.807) is 6.20 Å². The molecule has 0 fully saturated rings. The van der Waals surface area contributed by atoms with E-state index in [2.05, 4.69) is 48.6 Å². The molecule has 0 unspecified atom stereocenters. The van der Waals surface area contributed by atoms with Gasteiger partial charge in [-0.15, -0.1) is 0 Å². The average molecular weight is 301 g/mol. The molecule has 2 nitrogen and oxygen atoms in total. The van der Waals surface area contributed by atoms with Crippen molar-refractivity contribution in [1.29, 1.82) is 0 Å². The Labute approximate surface area is 114 Å². The Bertz CT molecular complexity index is 301. The molecule has 0 aliphatic heterocycles. The average Bonchev–Trinajstić information content (AvgIpc) is 2.28. The van der Waals surface area contributed by atoms with E-state index >= 15 is 0 Å². The van der Waals surface area contributed by atoms with E-state index in [-0.39, 0.29) is 0 Å². The van der Waals surface area contributed by atoms with Gasteiger partial charge in [-0.2, -0.15) is 0 Å². The molecule has 0 heterocycles. The molecule has 0 rings (SSSR count). The molecule has 0 radical (unpaired) electrons. The van der Waals surface area contributed by atoms with Crippen molar-refractivity contribution >= 4 is 21.6 Å². The Morgan fingerprint density at radius 2 is 2.00 bits per heavy atom. The lowest BCUT2D eigenvalue weighted by Gasteiger charge is -2.13. The molecular formula is C14H25BrN2. The van der Waals surface area contributed by atoms with Crippen LogP contribution in [0.3, 0.4) is 0 Å². The third-order valence-corrected chi connectivity index (χ3v) is 3.13. The number of allylic oxidation sites excluding steroid dienone is 3. The van der Waals surface area contributed by atoms with E-state index in [0.29, 0.717) is 6.04 Å². The van der Waals surface area contributed by atoms with Crippen LogP contribution in [0.4, 0.5) is 0 Å². The first-order valence-electron chi connectivity index (χ1n) is 6.33. The van der Waals surface area contributed by atoms with Crippen LogP contribution in [0.15, 0.2) is 28.4 Å². The maximum Gasteiger partial charge on any atom is 0.0623 e. The normalized spacial score (nSPS) is 14.6. The van der Waals surface area contributed by atoms with Crippen LogP contribution < -0.4 is 5.73 Å². The highest BCUT2D eigenvalue weighted by Gasteiger charge is 2.09. The molecule has 0 aliphatic carbocycles. The largest absolute Gasteiger partial charge is 0.405 e. The molecule has 17 heavy (non-hydrogen) atoms. The minimum Gasteiger partial charge on any atom is -0.405 e. The zero-order valence-electron chi connectivity index (χ0n) is 11.5. The number of alkyl halides is 1. The molecule has 0 bridgehead atoms. The molecule has 0 aromatic carbocycles. The maximum atomic E-state index is 5.52. The predicted octanol–water partition coefficient (Wildman–Crippen LogP) is 4.21. The fourth-order valence-corrected chi connectivity index (χ4v) is 2.42. The van der Waals surface area contributed by atoms with Crippen LogP contribution in [0.1, 0.15) is 47.0 Å². The van der Waals surface area contributed by atoms with Crippen molar-refractivity contribution in [3.05, 3.63) is 23.4 Å². The number of hydrogen-bond acceptors (Lipinski definition) is 2. The van der Waals surface area contributed by atoms with Gasteiger partial charge in [-0.1, -0.05) is 41.8 Å². The molecule has 0 aromatic heterocycles. The molecule has 0 amide bonds. The third-order valence-electron chi connectivity index (χ3n) is 2.45. The number of aliphatic imine (C=N–C) groups is 1. The lowest BCUT2D eigenvalue weighted by Crippen LogP contribution is -2.08. The van der Waals surface area contributed by atoms with Gasteiger partial charge in [-0.05, 0) is 44.5 Å². The van der Waals surface area contributed by atoms with E-state index in [9.17, 15) is 0 Å². The van der Waals surface area contributed by atoms with E-state index in [4.69, 9.17) is 5.73 Å². The Kier molecular flexibility index (Phi) is 9.14. The zero-order chi connectivity index (χ0) is 13.3. The predicted molar refractivity (Wildman–Crippen MR) is 81.9 cm³/mol. The van der Waals surface area contributed by atoms with Crippen LogP contribution in [0.2, 0.25) is 0 Å². The SMILES string of the molecule is CCC/C(CBr)=C(\CC)C(C=CN)=NC(C)C. The summed E-state index contributed by atoms with van der Waals surface area (Å²) >= 11 is 3.58. The smallest absolute Gasteiger partial charge is 0.0623 e. The molecule has 3 heteroatoms. The summed E-state index contributed by atoms with van der Waals surface area (Å²) in [4.78, 5) is 4.66. The van der Waals surface area contributed by atoms with Gasteiger partial charge in [-0.25, -0.2) is 0 Å². The number of rotatable bonds is 7. The second kappa shape index (κ2) is 9.46. The Hall–Kier alpha value is -0.570. The van der Waals surface area contributed by atoms with Gasteiger partial charge >= 0.3 is 0 Å². The molecule has 0 aromatic rings. The number of nitrogens with two attached hydrogens (primary N) is 1. The molecule has 2 N–H and O–H groups in total. The van der Waals surface area contributed by atoms with Gasteiger partial charge in [0.15, 0.2) is 0 Å². The van der Waals surface area contributed by atoms with Crippen molar-refractivity contribution in [2.45, 2.75) is 53.0 Å². The summed E-state index contributed by atoms with van der Waals surface area (Å²) in [6.07, 6.45) is 6.76. The topological polar surface area (TPSA) is 38.4 Å². The summed E-state index contributed by atoms with van der Waals surface area (Å²) in [6.45, 7) is 8.55. The summed E-state index contributed by atoms with van der Waals surface area (Å²) in [5.41, 5.74) is 9.32. The van der Waals surface area contributed by atoms with Crippen molar-refractivity contribution in [3.8, 4) is 0 Å². The van der Waals surface area contributed by atoms with Crippen LogP contribution in [0.5, 0.6) is 0 Å². The lowest BCUT2D eigenvalue weighted by atomic mass is 9.98. The van der Waals surface area contributed by atoms with Crippen LogP contribution in [0.25, 0.3) is 0 Å². The first-order valence-corrected chi connectivity index (χ1v) is 7.46. The summed E-state index contributed by atoms with van der Waals surface area (Å²) < 4.78 is 0. The molecule has 0 aliphatic rings. The molecule has 0 atom stereocenters. The molecule has 0 saturated heterocycles. The minimum atomic E-state index is 0.293. The van der Waals surface area contributed by atoms with Crippen molar-refractivity contribution in [1.82, 2.24) is 0 Å². The van der Waals surface area contributed by atoms with Gasteiger partial charge in [0, 0.05) is 11.4 Å². The molecular weight excluding hydrogens is 276 g/mol. The standard InChI is InChI=1S/C14H25BrN2/c1-5-7-12(10-15)13(6-2)14(8-9-16)17-11(3)4/h8-9,11H,5-7,10,16H2,1-4H3/b9-8?,13-12-,17-14?. The van der Waals surface area contributed by atoms with Gasteiger partial charge in [0.2, 0.25) is 0 Å². The van der Waals surface area contributed by atoms with E-state index in [1.165, 1.54) is 11.1 Å². The molecule has 0 saturated carbocycles. The first-order chi connectivity index (χ1) is 8.10. The summed E-state index contributed by atoms with van der Waals surface area (Å²) in [5.74, 6) is 0. The summed E-state index contributed by atoms with van der Waals surface area (Å²) in [6, 6.07) is 0.293. The maximum absolute atomic E-state index is 5.52. The van der Waals surface area contributed by atoms with Gasteiger partial charge in [0.25, 0.3) is 0 Å². The number of halogens is 1. The van der Waals surface area contributed by atoms with Gasteiger partial charge in [0.1, 0.15) is 0 Å². The molecule has 0 spiro atoms. The van der Waals surface area contributed by atoms with E-state index in [0.717, 1.165) is 30.3 Å². The van der Waals surface area contributed by atoms with E-state index < -0.39 is 0 Å². The monoisotopic (exact) mass is 300 g/mol. The summed E-state index contributed by atoms with van der Waals surface area (Å²) in [7, 11) is 0. The highest BCUT2D eigenvalue weighted by atomic mass is 79.9. The van der Waals surface area contributed by atoms with Crippen molar-refractivity contribution < 1.29 is 0 Å². The van der Waals surface area contributed by atoms with Crippen molar-refractivity contribution in [2.75, 3.05) is 5.33 Å². The van der Waals surface area contributed by atoms with Gasteiger partial charge in [0.05, 0.1) is 5.71 Å². The van der Waals surface area contributed by atoms with Crippen molar-refractivity contribution in [3.63, 3.8) is 0 Å². The Morgan fingerprint density at radius 1 is 1.35 bits per heavy atom. The summed E-state index contributed by atoms with van der Waals surface area (Å²) in [5, 5.41) is 0.916. The van der Waals surface area contributed by atoms with Gasteiger partial charge < -0.3 is 5.73 Å². The van der Waals surface area contributed by atoms with E-state index in [1.807, 2.05) is 6.08 Å². The Balaban J connectivity index is 5.41. The second-order valence-electron chi connectivity index (χ2n) is 4.29. The highest BCUT2D eigenvalue weighted by molar-refractivity contribution is 9.09. The van der Waals surface area contributed by atoms with Crippen LogP contribution in [0, 0.1) is 0 Å². The lowest BCUT2D eigenvalue weighted by molar-refractivity contribution is 0.832. The highest BCUT2D eigenvalue weighted by Crippen LogP contribution is 2.19. The quantitative estimate of drug-likeness (QED) is 0.555. The minimum absolute atomic E-state index is 0.293. The number of hydrogen-bond donors (Lipinski definition) is 1. The first kappa shape index (κ1) is 16.4. The number of nitrogens with zero attached hydrogens (tertiary/aromatic N) is 1. The second-order valence-corrected chi connectivity index (χ2v) is 4.85. The van der Waals surface area contributed by atoms with Crippen molar-refractivity contribution in [2.24, 2.45) is 10.7 Å². The van der Waals surface area contributed by atoms with Crippen LogP contribution >= 0.6 is 15.9 Å². The zero-order valence-corrected chi connectivity index (χ0v) is 13.0. The third kappa shape index (κ3) is 6.06. The Morgan fingerprint density at radius 3 is 2.35 bits per heavy atom. The fourth-order valence-electron chi connectivity index (χ4n) is 1.80. The fraction of sp³-hybridized carbons (Fsp3) is 0.643. The van der Waals surface area contributed by atoms with Gasteiger partial charge in [-0.3, -0.25) is 4.99 Å². The van der Waals surface area contributed by atoms with Crippen LogP contribution in [-0.4, -0.2) is 17.1 Å². The molecule has 98 valence electrons.